The lowest BCUT2D eigenvalue weighted by Gasteiger charge is -2.10. The fraction of sp³-hybridized carbons (Fsp3) is 0.417. The molecule has 5 N–H and O–H groups in total. The van der Waals surface area contributed by atoms with E-state index in [9.17, 15) is 4.79 Å². The van der Waals surface area contributed by atoms with Crippen molar-refractivity contribution in [1.82, 2.24) is 0 Å². The maximum atomic E-state index is 10.7. The molecule has 0 radical (unpaired) electrons. The van der Waals surface area contributed by atoms with Crippen molar-refractivity contribution < 1.29 is 4.79 Å². The van der Waals surface area contributed by atoms with Crippen LogP contribution in [0.2, 0.25) is 0 Å². The number of benzene rings is 1. The number of rotatable bonds is 6. The van der Waals surface area contributed by atoms with Crippen LogP contribution in [0.1, 0.15) is 18.9 Å². The summed E-state index contributed by atoms with van der Waals surface area (Å²) >= 11 is 0. The summed E-state index contributed by atoms with van der Waals surface area (Å²) in [7, 11) is 0. The SMILES string of the molecule is CCCc1ccc(NCC(N)C(N)=O)cc1. The maximum Gasteiger partial charge on any atom is 0.236 e. The highest BCUT2D eigenvalue weighted by molar-refractivity contribution is 5.80. The van der Waals surface area contributed by atoms with E-state index in [2.05, 4.69) is 24.4 Å². The van der Waals surface area contributed by atoms with E-state index in [-0.39, 0.29) is 0 Å². The minimum Gasteiger partial charge on any atom is -0.383 e. The molecule has 0 heterocycles. The van der Waals surface area contributed by atoms with Crippen molar-refractivity contribution >= 4 is 11.6 Å². The summed E-state index contributed by atoms with van der Waals surface area (Å²) in [5.74, 6) is -0.491. The maximum absolute atomic E-state index is 10.7. The lowest BCUT2D eigenvalue weighted by atomic mass is 10.1. The highest BCUT2D eigenvalue weighted by Gasteiger charge is 2.07. The number of anilines is 1. The van der Waals surface area contributed by atoms with E-state index in [0.29, 0.717) is 6.54 Å². The first-order chi connectivity index (χ1) is 7.63. The lowest BCUT2D eigenvalue weighted by Crippen LogP contribution is -2.41. The van der Waals surface area contributed by atoms with Crippen molar-refractivity contribution in [3.8, 4) is 0 Å². The highest BCUT2D eigenvalue weighted by Crippen LogP contribution is 2.10. The third-order valence-corrected chi connectivity index (χ3v) is 2.38. The molecule has 16 heavy (non-hydrogen) atoms. The van der Waals surface area contributed by atoms with Crippen LogP contribution < -0.4 is 16.8 Å². The van der Waals surface area contributed by atoms with Gasteiger partial charge in [-0.05, 0) is 24.1 Å². The molecule has 0 saturated heterocycles. The van der Waals surface area contributed by atoms with Gasteiger partial charge >= 0.3 is 0 Å². The molecule has 1 aromatic carbocycles. The smallest absolute Gasteiger partial charge is 0.236 e. The van der Waals surface area contributed by atoms with E-state index >= 15 is 0 Å². The van der Waals surface area contributed by atoms with Crippen LogP contribution in [0.3, 0.4) is 0 Å². The standard InChI is InChI=1S/C12H19N3O/c1-2-3-9-4-6-10(7-5-9)15-8-11(13)12(14)16/h4-7,11,15H,2-3,8,13H2,1H3,(H2,14,16). The van der Waals surface area contributed by atoms with Gasteiger partial charge in [-0.3, -0.25) is 4.79 Å². The summed E-state index contributed by atoms with van der Waals surface area (Å²) in [6.45, 7) is 2.51. The predicted octanol–water partition coefficient (Wildman–Crippen LogP) is 0.864. The molecular formula is C12H19N3O. The second kappa shape index (κ2) is 6.12. The zero-order chi connectivity index (χ0) is 12.0. The van der Waals surface area contributed by atoms with Gasteiger partial charge in [0.2, 0.25) is 5.91 Å². The van der Waals surface area contributed by atoms with Crippen LogP contribution >= 0.6 is 0 Å². The van der Waals surface area contributed by atoms with Gasteiger partial charge in [0.05, 0.1) is 0 Å². The largest absolute Gasteiger partial charge is 0.383 e. The molecule has 0 fully saturated rings. The molecule has 4 heteroatoms. The summed E-state index contributed by atoms with van der Waals surface area (Å²) in [4.78, 5) is 10.7. The Kier molecular flexibility index (Phi) is 4.79. The molecule has 1 rings (SSSR count). The number of hydrogen-bond donors (Lipinski definition) is 3. The zero-order valence-electron chi connectivity index (χ0n) is 9.57. The summed E-state index contributed by atoms with van der Waals surface area (Å²) in [6, 6.07) is 7.47. The van der Waals surface area contributed by atoms with Crippen molar-refractivity contribution in [2.45, 2.75) is 25.8 Å². The third kappa shape index (κ3) is 3.90. The zero-order valence-corrected chi connectivity index (χ0v) is 9.57. The monoisotopic (exact) mass is 221 g/mol. The van der Waals surface area contributed by atoms with E-state index in [0.717, 1.165) is 18.5 Å². The first kappa shape index (κ1) is 12.5. The lowest BCUT2D eigenvalue weighted by molar-refractivity contribution is -0.118. The molecule has 88 valence electrons. The van der Waals surface area contributed by atoms with Crippen molar-refractivity contribution in [3.05, 3.63) is 29.8 Å². The molecule has 1 aromatic rings. The number of nitrogens with one attached hydrogen (secondary N) is 1. The number of amides is 1. The second-order valence-electron chi connectivity index (χ2n) is 3.84. The van der Waals surface area contributed by atoms with Gasteiger partial charge in [0, 0.05) is 12.2 Å². The Balaban J connectivity index is 2.46. The molecule has 0 saturated carbocycles. The number of aryl methyl sites for hydroxylation is 1. The van der Waals surface area contributed by atoms with Gasteiger partial charge in [-0.15, -0.1) is 0 Å². The van der Waals surface area contributed by atoms with Crippen molar-refractivity contribution in [3.63, 3.8) is 0 Å². The predicted molar refractivity (Wildman–Crippen MR) is 66.1 cm³/mol. The first-order valence-electron chi connectivity index (χ1n) is 5.51. The van der Waals surface area contributed by atoms with Gasteiger partial charge in [0.15, 0.2) is 0 Å². The number of carbonyl (C=O) groups excluding carboxylic acids is 1. The minimum atomic E-state index is -0.643. The number of primary amides is 1. The van der Waals surface area contributed by atoms with E-state index in [4.69, 9.17) is 11.5 Å². The Labute approximate surface area is 96.0 Å². The molecule has 0 aliphatic carbocycles. The van der Waals surface area contributed by atoms with Crippen LogP contribution in [0.25, 0.3) is 0 Å². The molecule has 4 nitrogen and oxygen atoms in total. The summed E-state index contributed by atoms with van der Waals surface area (Å²) < 4.78 is 0. The molecule has 0 aliphatic rings. The van der Waals surface area contributed by atoms with E-state index in [1.165, 1.54) is 5.56 Å². The minimum absolute atomic E-state index is 0.364. The molecule has 0 bridgehead atoms. The number of hydrogen-bond acceptors (Lipinski definition) is 3. The molecule has 0 aliphatic heterocycles. The van der Waals surface area contributed by atoms with Gasteiger partial charge < -0.3 is 16.8 Å². The van der Waals surface area contributed by atoms with Gasteiger partial charge in [-0.1, -0.05) is 25.5 Å². The Morgan fingerprint density at radius 2 is 2.00 bits per heavy atom. The molecule has 1 amide bonds. The average Bonchev–Trinajstić information content (AvgIpc) is 2.28. The third-order valence-electron chi connectivity index (χ3n) is 2.38. The van der Waals surface area contributed by atoms with Gasteiger partial charge in [0.1, 0.15) is 6.04 Å². The summed E-state index contributed by atoms with van der Waals surface area (Å²) in [6.07, 6.45) is 2.22. The van der Waals surface area contributed by atoms with Crippen LogP contribution in [-0.2, 0) is 11.2 Å². The van der Waals surface area contributed by atoms with Crippen molar-refractivity contribution in [2.75, 3.05) is 11.9 Å². The van der Waals surface area contributed by atoms with E-state index < -0.39 is 11.9 Å². The first-order valence-corrected chi connectivity index (χ1v) is 5.51. The fourth-order valence-electron chi connectivity index (χ4n) is 1.41. The normalized spacial score (nSPS) is 12.1. The number of nitrogens with two attached hydrogens (primary N) is 2. The Bertz CT molecular complexity index is 335. The van der Waals surface area contributed by atoms with Gasteiger partial charge in [-0.2, -0.15) is 0 Å². The topological polar surface area (TPSA) is 81.1 Å². The fourth-order valence-corrected chi connectivity index (χ4v) is 1.41. The molecule has 1 unspecified atom stereocenters. The van der Waals surface area contributed by atoms with Gasteiger partial charge in [-0.25, -0.2) is 0 Å². The Morgan fingerprint density at radius 3 is 2.50 bits per heavy atom. The van der Waals surface area contributed by atoms with Crippen LogP contribution in [-0.4, -0.2) is 18.5 Å². The Hall–Kier alpha value is -1.55. The van der Waals surface area contributed by atoms with Crippen LogP contribution in [0.5, 0.6) is 0 Å². The second-order valence-corrected chi connectivity index (χ2v) is 3.84. The van der Waals surface area contributed by atoms with E-state index in [1.807, 2.05) is 12.1 Å². The molecule has 1 atom stereocenters. The molecule has 0 aromatic heterocycles. The quantitative estimate of drug-likeness (QED) is 0.666. The highest BCUT2D eigenvalue weighted by atomic mass is 16.1. The number of carbonyl (C=O) groups is 1. The molecular weight excluding hydrogens is 202 g/mol. The van der Waals surface area contributed by atoms with E-state index in [1.54, 1.807) is 0 Å². The van der Waals surface area contributed by atoms with Crippen molar-refractivity contribution in [2.24, 2.45) is 11.5 Å². The summed E-state index contributed by atoms with van der Waals surface area (Å²) in [5, 5.41) is 3.07. The van der Waals surface area contributed by atoms with Crippen LogP contribution in [0.4, 0.5) is 5.69 Å². The van der Waals surface area contributed by atoms with Gasteiger partial charge in [0.25, 0.3) is 0 Å². The summed E-state index contributed by atoms with van der Waals surface area (Å²) in [5.41, 5.74) is 12.8. The van der Waals surface area contributed by atoms with Crippen LogP contribution in [0, 0.1) is 0 Å². The van der Waals surface area contributed by atoms with Crippen molar-refractivity contribution in [1.29, 1.82) is 0 Å². The average molecular weight is 221 g/mol. The van der Waals surface area contributed by atoms with Crippen LogP contribution in [0.15, 0.2) is 24.3 Å². The molecule has 0 spiro atoms. The Morgan fingerprint density at radius 1 is 1.38 bits per heavy atom.